The lowest BCUT2D eigenvalue weighted by Gasteiger charge is -2.16. The van der Waals surface area contributed by atoms with Crippen LogP contribution in [0.5, 0.6) is 0 Å². The van der Waals surface area contributed by atoms with E-state index in [-0.39, 0.29) is 5.91 Å². The van der Waals surface area contributed by atoms with E-state index in [4.69, 9.17) is 9.72 Å². The number of benzene rings is 1. The molecule has 3 aromatic rings. The summed E-state index contributed by atoms with van der Waals surface area (Å²) in [6.45, 7) is 11.2. The Balaban J connectivity index is 1.56. The van der Waals surface area contributed by atoms with Crippen molar-refractivity contribution >= 4 is 19.7 Å². The standard InChI is InChI=1S/C27H33N5O2Si/c1-5-12-31-13-10-22-16-23(8-9-25(22)31)26-30-24(19-32(26)20-34-14-15-35(2,3)4)27(33)29-18-21-7-6-11-28-17-21/h6-9,11,16-17,19H,10,13-15,18,20H2,1-4H3,(H,29,33). The highest BCUT2D eigenvalue weighted by Gasteiger charge is 2.21. The van der Waals surface area contributed by atoms with Crippen molar-refractivity contribution in [2.75, 3.05) is 18.1 Å². The van der Waals surface area contributed by atoms with Crippen LogP contribution in [0.15, 0.2) is 48.9 Å². The van der Waals surface area contributed by atoms with Gasteiger partial charge < -0.3 is 19.5 Å². The maximum absolute atomic E-state index is 12.9. The number of rotatable bonds is 9. The van der Waals surface area contributed by atoms with Gasteiger partial charge in [0, 0.05) is 58.0 Å². The summed E-state index contributed by atoms with van der Waals surface area (Å²) in [7, 11) is -1.19. The molecule has 0 fully saturated rings. The third kappa shape index (κ3) is 6.38. The molecular weight excluding hydrogens is 454 g/mol. The second-order valence-electron chi connectivity index (χ2n) is 9.92. The Morgan fingerprint density at radius 3 is 2.86 bits per heavy atom. The summed E-state index contributed by atoms with van der Waals surface area (Å²) in [5.74, 6) is 3.49. The summed E-state index contributed by atoms with van der Waals surface area (Å²) < 4.78 is 7.95. The molecule has 3 heterocycles. The van der Waals surface area contributed by atoms with Gasteiger partial charge in [-0.1, -0.05) is 31.6 Å². The van der Waals surface area contributed by atoms with Gasteiger partial charge in [-0.15, -0.1) is 0 Å². The fraction of sp³-hybridized carbons (Fsp3) is 0.370. The van der Waals surface area contributed by atoms with Crippen molar-refractivity contribution in [2.45, 2.75) is 52.3 Å². The highest BCUT2D eigenvalue weighted by Crippen LogP contribution is 2.32. The minimum absolute atomic E-state index is 0.221. The second kappa shape index (κ2) is 10.9. The summed E-state index contributed by atoms with van der Waals surface area (Å²) in [6.07, 6.45) is 6.17. The topological polar surface area (TPSA) is 72.3 Å². The summed E-state index contributed by atoms with van der Waals surface area (Å²) in [6, 6.07) is 14.3. The number of anilines is 1. The van der Waals surface area contributed by atoms with E-state index in [9.17, 15) is 4.79 Å². The first-order valence-electron chi connectivity index (χ1n) is 12.0. The Hall–Kier alpha value is -3.41. The highest BCUT2D eigenvalue weighted by molar-refractivity contribution is 6.76. The number of pyridine rings is 1. The van der Waals surface area contributed by atoms with Gasteiger partial charge in [-0.3, -0.25) is 9.78 Å². The van der Waals surface area contributed by atoms with E-state index in [1.807, 2.05) is 29.7 Å². The molecule has 35 heavy (non-hydrogen) atoms. The van der Waals surface area contributed by atoms with Crippen LogP contribution in [0, 0.1) is 12.0 Å². The van der Waals surface area contributed by atoms with Crippen LogP contribution in [0.25, 0.3) is 11.4 Å². The zero-order valence-corrected chi connectivity index (χ0v) is 22.0. The first-order valence-corrected chi connectivity index (χ1v) is 15.7. The van der Waals surface area contributed by atoms with Crippen LogP contribution in [0.2, 0.25) is 25.7 Å². The maximum Gasteiger partial charge on any atom is 0.271 e. The van der Waals surface area contributed by atoms with Gasteiger partial charge in [-0.25, -0.2) is 4.98 Å². The highest BCUT2D eigenvalue weighted by atomic mass is 28.3. The van der Waals surface area contributed by atoms with E-state index < -0.39 is 8.07 Å². The molecule has 182 valence electrons. The summed E-state index contributed by atoms with van der Waals surface area (Å²) >= 11 is 0. The van der Waals surface area contributed by atoms with E-state index in [1.165, 1.54) is 5.56 Å². The van der Waals surface area contributed by atoms with Crippen LogP contribution in [-0.4, -0.2) is 41.7 Å². The average Bonchev–Trinajstić information content (AvgIpc) is 3.45. The van der Waals surface area contributed by atoms with Gasteiger partial charge in [0.2, 0.25) is 0 Å². The zero-order valence-electron chi connectivity index (χ0n) is 21.0. The van der Waals surface area contributed by atoms with Crippen molar-refractivity contribution in [1.29, 1.82) is 0 Å². The molecule has 0 spiro atoms. The van der Waals surface area contributed by atoms with E-state index in [0.29, 0.717) is 25.6 Å². The second-order valence-corrected chi connectivity index (χ2v) is 15.5. The monoisotopic (exact) mass is 487 g/mol. The molecule has 1 aliphatic heterocycles. The minimum atomic E-state index is -1.19. The number of ether oxygens (including phenoxy) is 1. The number of fused-ring (bicyclic) bond motifs is 1. The van der Waals surface area contributed by atoms with Gasteiger partial charge >= 0.3 is 0 Å². The number of hydrogen-bond donors (Lipinski definition) is 1. The molecule has 0 aliphatic carbocycles. The Morgan fingerprint density at radius 1 is 1.26 bits per heavy atom. The van der Waals surface area contributed by atoms with Crippen molar-refractivity contribution in [3.05, 3.63) is 65.7 Å². The Kier molecular flexibility index (Phi) is 7.69. The number of imidazole rings is 1. The number of carbonyl (C=O) groups excluding carboxylic acids is 1. The van der Waals surface area contributed by atoms with Crippen molar-refractivity contribution in [3.8, 4) is 23.4 Å². The first-order chi connectivity index (χ1) is 16.8. The summed E-state index contributed by atoms with van der Waals surface area (Å²) in [5.41, 5.74) is 4.66. The molecule has 0 atom stereocenters. The number of amides is 1. The van der Waals surface area contributed by atoms with Crippen LogP contribution >= 0.6 is 0 Å². The third-order valence-electron chi connectivity index (χ3n) is 5.89. The van der Waals surface area contributed by atoms with Crippen molar-refractivity contribution in [1.82, 2.24) is 19.9 Å². The Morgan fingerprint density at radius 2 is 2.11 bits per heavy atom. The molecule has 0 saturated heterocycles. The van der Waals surface area contributed by atoms with Crippen molar-refractivity contribution in [3.63, 3.8) is 0 Å². The summed E-state index contributed by atoms with van der Waals surface area (Å²) in [4.78, 5) is 23.8. The lowest BCUT2D eigenvalue weighted by Crippen LogP contribution is -2.23. The van der Waals surface area contributed by atoms with Gasteiger partial charge in [-0.05, 0) is 54.8 Å². The van der Waals surface area contributed by atoms with E-state index in [0.717, 1.165) is 41.6 Å². The molecule has 0 saturated carbocycles. The molecule has 1 amide bonds. The molecule has 1 aromatic carbocycles. The fourth-order valence-electron chi connectivity index (χ4n) is 3.96. The molecule has 0 unspecified atom stereocenters. The van der Waals surface area contributed by atoms with E-state index in [2.05, 4.69) is 58.9 Å². The smallest absolute Gasteiger partial charge is 0.271 e. The zero-order chi connectivity index (χ0) is 24.8. The number of nitrogens with one attached hydrogen (secondary N) is 1. The van der Waals surface area contributed by atoms with Gasteiger partial charge in [0.1, 0.15) is 18.2 Å². The van der Waals surface area contributed by atoms with Crippen LogP contribution in [0.4, 0.5) is 5.69 Å². The molecule has 7 nitrogen and oxygen atoms in total. The molecule has 0 bridgehead atoms. The predicted molar refractivity (Wildman–Crippen MR) is 142 cm³/mol. The van der Waals surface area contributed by atoms with Crippen LogP contribution in [-0.2, 0) is 24.4 Å². The van der Waals surface area contributed by atoms with Crippen molar-refractivity contribution in [2.24, 2.45) is 0 Å². The molecule has 4 rings (SSSR count). The molecule has 2 aromatic heterocycles. The first kappa shape index (κ1) is 24.7. The van der Waals surface area contributed by atoms with Crippen LogP contribution < -0.4 is 10.2 Å². The van der Waals surface area contributed by atoms with Gasteiger partial charge in [0.25, 0.3) is 5.91 Å². The molecule has 1 N–H and O–H groups in total. The van der Waals surface area contributed by atoms with Crippen LogP contribution in [0.1, 0.15) is 28.5 Å². The number of aromatic nitrogens is 3. The predicted octanol–water partition coefficient (Wildman–Crippen LogP) is 4.53. The van der Waals surface area contributed by atoms with Gasteiger partial charge in [0.05, 0.1) is 5.69 Å². The number of carbonyl (C=O) groups is 1. The largest absolute Gasteiger partial charge is 0.361 e. The quantitative estimate of drug-likeness (QED) is 0.273. The fourth-order valence-corrected chi connectivity index (χ4v) is 4.72. The maximum atomic E-state index is 12.9. The lowest BCUT2D eigenvalue weighted by molar-refractivity contribution is 0.0879. The summed E-state index contributed by atoms with van der Waals surface area (Å²) in [5, 5.41) is 2.94. The molecule has 1 aliphatic rings. The van der Waals surface area contributed by atoms with E-state index >= 15 is 0 Å². The third-order valence-corrected chi connectivity index (χ3v) is 7.60. The minimum Gasteiger partial charge on any atom is -0.361 e. The Labute approximate surface area is 208 Å². The molecule has 8 heteroatoms. The number of nitrogens with zero attached hydrogens (tertiary/aromatic N) is 4. The molecular formula is C27H33N5O2Si. The van der Waals surface area contributed by atoms with Gasteiger partial charge in [-0.2, -0.15) is 0 Å². The number of hydrogen-bond acceptors (Lipinski definition) is 5. The SMILES string of the molecule is CC#CN1CCc2cc(-c3nc(C(=O)NCc4cccnc4)cn3COCC[Si](C)(C)C)ccc21. The van der Waals surface area contributed by atoms with Crippen molar-refractivity contribution < 1.29 is 9.53 Å². The lowest BCUT2D eigenvalue weighted by atomic mass is 10.1. The molecule has 0 radical (unpaired) electrons. The normalized spacial score (nSPS) is 12.7. The van der Waals surface area contributed by atoms with E-state index in [1.54, 1.807) is 18.6 Å². The van der Waals surface area contributed by atoms with Crippen LogP contribution in [0.3, 0.4) is 0 Å². The average molecular weight is 488 g/mol. The van der Waals surface area contributed by atoms with Gasteiger partial charge in [0.15, 0.2) is 0 Å². The Bertz CT molecular complexity index is 1240.